The molecule has 0 fully saturated rings. The Morgan fingerprint density at radius 3 is 1.72 bits per heavy atom. The molecule has 0 atom stereocenters. The zero-order chi connectivity index (χ0) is 30.5. The predicted octanol–water partition coefficient (Wildman–Crippen LogP) is 12.7. The van der Waals surface area contributed by atoms with E-state index in [1.165, 1.54) is 21.9 Å². The molecule has 9 aromatic rings. The Morgan fingerprint density at radius 2 is 0.935 bits per heavy atom. The van der Waals surface area contributed by atoms with E-state index in [-0.39, 0.29) is 0 Å². The summed E-state index contributed by atoms with van der Waals surface area (Å²) in [5.41, 5.74) is 9.78. The second kappa shape index (κ2) is 10.8. The van der Waals surface area contributed by atoms with Crippen LogP contribution in [-0.4, -0.2) is 0 Å². The van der Waals surface area contributed by atoms with E-state index in [2.05, 4.69) is 181 Å². The number of furan rings is 1. The van der Waals surface area contributed by atoms with Crippen LogP contribution in [0.15, 0.2) is 180 Å². The zero-order valence-corrected chi connectivity index (χ0v) is 25.1. The van der Waals surface area contributed by atoms with Crippen molar-refractivity contribution in [3.05, 3.63) is 176 Å². The van der Waals surface area contributed by atoms with Crippen LogP contribution in [0.4, 0.5) is 17.1 Å². The molecule has 0 unspecified atom stereocenters. The maximum absolute atomic E-state index is 6.80. The van der Waals surface area contributed by atoms with Gasteiger partial charge >= 0.3 is 0 Å². The summed E-state index contributed by atoms with van der Waals surface area (Å²) in [5, 5.41) is 6.87. The fraction of sp³-hybridized carbons (Fsp3) is 0. The highest BCUT2D eigenvalue weighted by Crippen LogP contribution is 2.46. The van der Waals surface area contributed by atoms with Crippen LogP contribution in [0.25, 0.3) is 65.7 Å². The van der Waals surface area contributed by atoms with Gasteiger partial charge in [0.05, 0.1) is 5.69 Å². The highest BCUT2D eigenvalue weighted by Gasteiger charge is 2.21. The molecule has 0 aliphatic heterocycles. The van der Waals surface area contributed by atoms with Gasteiger partial charge in [-0.2, -0.15) is 0 Å². The van der Waals surface area contributed by atoms with E-state index < -0.39 is 0 Å². The van der Waals surface area contributed by atoms with E-state index in [9.17, 15) is 0 Å². The Hall–Kier alpha value is -6.12. The lowest BCUT2D eigenvalue weighted by molar-refractivity contribution is 0.674. The first-order chi connectivity index (χ1) is 22.8. The summed E-state index contributed by atoms with van der Waals surface area (Å²) < 4.78 is 6.80. The first-order valence-electron chi connectivity index (χ1n) is 15.7. The van der Waals surface area contributed by atoms with E-state index >= 15 is 0 Å². The monoisotopic (exact) mass is 587 g/mol. The van der Waals surface area contributed by atoms with Gasteiger partial charge in [-0.25, -0.2) is 0 Å². The molecule has 216 valence electrons. The molecule has 0 radical (unpaired) electrons. The normalized spacial score (nSPS) is 11.5. The first-order valence-corrected chi connectivity index (χ1v) is 15.7. The minimum Gasteiger partial charge on any atom is -0.455 e. The van der Waals surface area contributed by atoms with Crippen LogP contribution >= 0.6 is 0 Å². The second-order valence-corrected chi connectivity index (χ2v) is 11.7. The highest BCUT2D eigenvalue weighted by atomic mass is 16.3. The van der Waals surface area contributed by atoms with Crippen molar-refractivity contribution < 1.29 is 4.42 Å². The maximum Gasteiger partial charge on any atom is 0.143 e. The van der Waals surface area contributed by atoms with E-state index in [0.29, 0.717) is 0 Å². The number of hydrogen-bond donors (Lipinski definition) is 0. The van der Waals surface area contributed by atoms with Crippen molar-refractivity contribution in [1.82, 2.24) is 0 Å². The summed E-state index contributed by atoms with van der Waals surface area (Å²) in [4.78, 5) is 2.39. The van der Waals surface area contributed by atoms with Crippen LogP contribution in [0.2, 0.25) is 0 Å². The third kappa shape index (κ3) is 4.35. The molecule has 0 aliphatic carbocycles. The number of benzene rings is 8. The van der Waals surface area contributed by atoms with Crippen LogP contribution in [0.5, 0.6) is 0 Å². The second-order valence-electron chi connectivity index (χ2n) is 11.7. The van der Waals surface area contributed by atoms with Gasteiger partial charge in [0.1, 0.15) is 11.2 Å². The number of rotatable bonds is 5. The zero-order valence-electron chi connectivity index (χ0n) is 25.1. The van der Waals surface area contributed by atoms with Gasteiger partial charge in [-0.15, -0.1) is 0 Å². The summed E-state index contributed by atoms with van der Waals surface area (Å²) in [6, 6.07) is 62.7. The SMILES string of the molecule is c1ccc(-c2ccc(N(c3ccc4ccccc4c3)c3cc4c5cccc(-c6ccccc6)c5oc4c4ccccc34)cc2)cc1. The lowest BCUT2D eigenvalue weighted by atomic mass is 9.99. The van der Waals surface area contributed by atoms with Gasteiger partial charge in [-0.3, -0.25) is 0 Å². The van der Waals surface area contributed by atoms with Gasteiger partial charge in [0.2, 0.25) is 0 Å². The predicted molar refractivity (Wildman–Crippen MR) is 194 cm³/mol. The van der Waals surface area contributed by atoms with Gasteiger partial charge in [0, 0.05) is 38.5 Å². The average molecular weight is 588 g/mol. The smallest absolute Gasteiger partial charge is 0.143 e. The third-order valence-corrected chi connectivity index (χ3v) is 9.03. The minimum atomic E-state index is 0.912. The summed E-state index contributed by atoms with van der Waals surface area (Å²) in [7, 11) is 0. The molecule has 1 aromatic heterocycles. The van der Waals surface area contributed by atoms with Crippen molar-refractivity contribution >= 4 is 60.5 Å². The van der Waals surface area contributed by atoms with Crippen molar-refractivity contribution in [2.24, 2.45) is 0 Å². The third-order valence-electron chi connectivity index (χ3n) is 9.03. The fourth-order valence-corrected chi connectivity index (χ4v) is 6.81. The standard InChI is InChI=1S/C44H29NO/c1-3-12-30(13-4-1)32-22-25-35(26-23-32)45(36-27-24-31-14-7-8-17-34(31)28-36)42-29-41-40-21-11-20-37(33-15-5-2-6-16-33)43(40)46-44(41)39-19-10-9-18-38(39)42/h1-29H. The van der Waals surface area contributed by atoms with E-state index in [1.807, 2.05) is 0 Å². The van der Waals surface area contributed by atoms with Gasteiger partial charge in [0.15, 0.2) is 0 Å². The van der Waals surface area contributed by atoms with Crippen molar-refractivity contribution in [3.8, 4) is 22.3 Å². The Kier molecular flexibility index (Phi) is 6.17. The first kappa shape index (κ1) is 26.3. The van der Waals surface area contributed by atoms with Crippen molar-refractivity contribution in [2.45, 2.75) is 0 Å². The maximum atomic E-state index is 6.80. The molecule has 0 N–H and O–H groups in total. The topological polar surface area (TPSA) is 16.4 Å². The van der Waals surface area contributed by atoms with Crippen LogP contribution in [0.3, 0.4) is 0 Å². The summed E-state index contributed by atoms with van der Waals surface area (Å²) >= 11 is 0. The van der Waals surface area contributed by atoms with Gasteiger partial charge < -0.3 is 9.32 Å². The number of hydrogen-bond acceptors (Lipinski definition) is 2. The van der Waals surface area contributed by atoms with Crippen molar-refractivity contribution in [2.75, 3.05) is 4.90 Å². The van der Waals surface area contributed by atoms with E-state index in [1.54, 1.807) is 0 Å². The summed E-state index contributed by atoms with van der Waals surface area (Å²) in [6.07, 6.45) is 0. The van der Waals surface area contributed by atoms with E-state index in [0.717, 1.165) is 60.9 Å². The molecule has 2 heteroatoms. The molecule has 0 aliphatic rings. The molecular weight excluding hydrogens is 558 g/mol. The molecule has 1 heterocycles. The largest absolute Gasteiger partial charge is 0.455 e. The summed E-state index contributed by atoms with van der Waals surface area (Å²) in [5.74, 6) is 0. The molecule has 0 saturated carbocycles. The van der Waals surface area contributed by atoms with Crippen LogP contribution in [0.1, 0.15) is 0 Å². The Bertz CT molecular complexity index is 2510. The number of para-hydroxylation sites is 1. The van der Waals surface area contributed by atoms with Crippen molar-refractivity contribution in [1.29, 1.82) is 0 Å². The minimum absolute atomic E-state index is 0.912. The molecule has 0 spiro atoms. The molecule has 2 nitrogen and oxygen atoms in total. The number of fused-ring (bicyclic) bond motifs is 6. The Morgan fingerprint density at radius 1 is 0.348 bits per heavy atom. The van der Waals surface area contributed by atoms with Gasteiger partial charge in [-0.05, 0) is 57.8 Å². The number of anilines is 3. The molecule has 8 aromatic carbocycles. The highest BCUT2D eigenvalue weighted by molar-refractivity contribution is 6.21. The molecule has 0 saturated heterocycles. The number of nitrogens with zero attached hydrogens (tertiary/aromatic N) is 1. The van der Waals surface area contributed by atoms with Crippen LogP contribution in [-0.2, 0) is 0 Å². The van der Waals surface area contributed by atoms with Gasteiger partial charge in [-0.1, -0.05) is 146 Å². The average Bonchev–Trinajstić information content (AvgIpc) is 3.52. The molecule has 0 amide bonds. The Labute approximate surface area is 267 Å². The molecular formula is C44H29NO. The summed E-state index contributed by atoms with van der Waals surface area (Å²) in [6.45, 7) is 0. The molecule has 0 bridgehead atoms. The van der Waals surface area contributed by atoms with Crippen LogP contribution in [0, 0.1) is 0 Å². The van der Waals surface area contributed by atoms with Crippen molar-refractivity contribution in [3.63, 3.8) is 0 Å². The lowest BCUT2D eigenvalue weighted by Crippen LogP contribution is -2.10. The molecule has 46 heavy (non-hydrogen) atoms. The Balaban J connectivity index is 1.32. The fourth-order valence-electron chi connectivity index (χ4n) is 6.81. The van der Waals surface area contributed by atoms with E-state index in [4.69, 9.17) is 4.42 Å². The van der Waals surface area contributed by atoms with Gasteiger partial charge in [0.25, 0.3) is 0 Å². The van der Waals surface area contributed by atoms with Crippen LogP contribution < -0.4 is 4.90 Å². The quantitative estimate of drug-likeness (QED) is 0.199. The lowest BCUT2D eigenvalue weighted by Gasteiger charge is -2.27. The molecule has 9 rings (SSSR count).